The molecular formula is C18H22N2O3S. The van der Waals surface area contributed by atoms with E-state index in [2.05, 4.69) is 4.72 Å². The SMILES string of the molecule is CC(=O)c1cccc(S(=O)(=O)NCc2ccccc2CN(C)C)c1. The van der Waals surface area contributed by atoms with Gasteiger partial charge in [-0.1, -0.05) is 36.4 Å². The lowest BCUT2D eigenvalue weighted by Crippen LogP contribution is -2.24. The maximum atomic E-state index is 12.5. The van der Waals surface area contributed by atoms with Gasteiger partial charge in [0.1, 0.15) is 0 Å². The van der Waals surface area contributed by atoms with Crippen molar-refractivity contribution in [2.75, 3.05) is 14.1 Å². The molecule has 0 aromatic heterocycles. The fraction of sp³-hybridized carbons (Fsp3) is 0.278. The third kappa shape index (κ3) is 4.74. The molecule has 1 N–H and O–H groups in total. The highest BCUT2D eigenvalue weighted by Crippen LogP contribution is 2.15. The molecule has 0 radical (unpaired) electrons. The zero-order chi connectivity index (χ0) is 17.7. The monoisotopic (exact) mass is 346 g/mol. The lowest BCUT2D eigenvalue weighted by atomic mass is 10.1. The third-order valence-electron chi connectivity index (χ3n) is 3.61. The van der Waals surface area contributed by atoms with Crippen molar-refractivity contribution in [3.8, 4) is 0 Å². The predicted octanol–water partition coefficient (Wildman–Crippen LogP) is 2.43. The number of rotatable bonds is 7. The second-order valence-corrected chi connectivity index (χ2v) is 7.68. The molecular weight excluding hydrogens is 324 g/mol. The number of nitrogens with zero attached hydrogens (tertiary/aromatic N) is 1. The van der Waals surface area contributed by atoms with Crippen LogP contribution in [0.5, 0.6) is 0 Å². The van der Waals surface area contributed by atoms with E-state index in [-0.39, 0.29) is 17.2 Å². The van der Waals surface area contributed by atoms with Gasteiger partial charge in [0.05, 0.1) is 4.90 Å². The first kappa shape index (κ1) is 18.3. The number of carbonyl (C=O) groups excluding carboxylic acids is 1. The first-order valence-corrected chi connectivity index (χ1v) is 9.10. The maximum absolute atomic E-state index is 12.5. The van der Waals surface area contributed by atoms with Crippen molar-refractivity contribution in [2.24, 2.45) is 0 Å². The highest BCUT2D eigenvalue weighted by molar-refractivity contribution is 7.89. The second kappa shape index (κ2) is 7.70. The number of carbonyl (C=O) groups is 1. The van der Waals surface area contributed by atoms with E-state index in [0.29, 0.717) is 5.56 Å². The van der Waals surface area contributed by atoms with Crippen molar-refractivity contribution in [3.63, 3.8) is 0 Å². The molecule has 0 aliphatic carbocycles. The molecule has 6 heteroatoms. The van der Waals surface area contributed by atoms with Crippen molar-refractivity contribution < 1.29 is 13.2 Å². The van der Waals surface area contributed by atoms with E-state index in [1.807, 2.05) is 43.3 Å². The summed E-state index contributed by atoms with van der Waals surface area (Å²) in [5, 5.41) is 0. The summed E-state index contributed by atoms with van der Waals surface area (Å²) in [4.78, 5) is 13.6. The van der Waals surface area contributed by atoms with Gasteiger partial charge in [0.2, 0.25) is 10.0 Å². The van der Waals surface area contributed by atoms with Gasteiger partial charge < -0.3 is 4.90 Å². The van der Waals surface area contributed by atoms with Crippen LogP contribution in [-0.4, -0.2) is 33.2 Å². The van der Waals surface area contributed by atoms with Crippen molar-refractivity contribution >= 4 is 15.8 Å². The largest absolute Gasteiger partial charge is 0.305 e. The Kier molecular flexibility index (Phi) is 5.88. The lowest BCUT2D eigenvalue weighted by molar-refractivity contribution is 0.101. The summed E-state index contributed by atoms with van der Waals surface area (Å²) in [5.41, 5.74) is 2.38. The van der Waals surface area contributed by atoms with E-state index in [0.717, 1.165) is 17.7 Å². The summed E-state index contributed by atoms with van der Waals surface area (Å²) in [5.74, 6) is -0.164. The summed E-state index contributed by atoms with van der Waals surface area (Å²) in [6.45, 7) is 2.35. The van der Waals surface area contributed by atoms with Gasteiger partial charge in [-0.05, 0) is 44.3 Å². The third-order valence-corrected chi connectivity index (χ3v) is 5.01. The molecule has 0 unspecified atom stereocenters. The molecule has 128 valence electrons. The number of hydrogen-bond acceptors (Lipinski definition) is 4. The first-order valence-electron chi connectivity index (χ1n) is 7.62. The fourth-order valence-corrected chi connectivity index (χ4v) is 3.42. The van der Waals surface area contributed by atoms with Crippen LogP contribution in [0.25, 0.3) is 0 Å². The number of sulfonamides is 1. The molecule has 0 amide bonds. The van der Waals surface area contributed by atoms with E-state index in [1.54, 1.807) is 12.1 Å². The second-order valence-electron chi connectivity index (χ2n) is 5.92. The van der Waals surface area contributed by atoms with Gasteiger partial charge in [-0.25, -0.2) is 13.1 Å². The Bertz CT molecular complexity index is 830. The quantitative estimate of drug-likeness (QED) is 0.782. The zero-order valence-electron chi connectivity index (χ0n) is 14.1. The van der Waals surface area contributed by atoms with Crippen LogP contribution in [0.2, 0.25) is 0 Å². The Morgan fingerprint density at radius 3 is 2.33 bits per heavy atom. The normalized spacial score (nSPS) is 11.7. The predicted molar refractivity (Wildman–Crippen MR) is 94.3 cm³/mol. The van der Waals surface area contributed by atoms with Gasteiger partial charge in [-0.3, -0.25) is 4.79 Å². The summed E-state index contributed by atoms with van der Waals surface area (Å²) in [7, 11) is 0.257. The Morgan fingerprint density at radius 1 is 1.04 bits per heavy atom. The number of hydrogen-bond donors (Lipinski definition) is 1. The van der Waals surface area contributed by atoms with Crippen LogP contribution in [-0.2, 0) is 23.1 Å². The van der Waals surface area contributed by atoms with Crippen molar-refractivity contribution in [3.05, 3.63) is 65.2 Å². The molecule has 0 atom stereocenters. The average Bonchev–Trinajstić information content (AvgIpc) is 2.53. The van der Waals surface area contributed by atoms with Crippen molar-refractivity contribution in [1.29, 1.82) is 0 Å². The molecule has 0 heterocycles. The molecule has 2 aromatic carbocycles. The fourth-order valence-electron chi connectivity index (χ4n) is 2.36. The van der Waals surface area contributed by atoms with Crippen LogP contribution in [0, 0.1) is 0 Å². The molecule has 0 fully saturated rings. The topological polar surface area (TPSA) is 66.5 Å². The first-order chi connectivity index (χ1) is 11.3. The van der Waals surface area contributed by atoms with E-state index in [1.165, 1.54) is 19.1 Å². The minimum Gasteiger partial charge on any atom is -0.305 e. The summed E-state index contributed by atoms with van der Waals surface area (Å²) in [6, 6.07) is 13.8. The van der Waals surface area contributed by atoms with E-state index in [9.17, 15) is 13.2 Å². The molecule has 0 bridgehead atoms. The Balaban J connectivity index is 2.19. The zero-order valence-corrected chi connectivity index (χ0v) is 14.9. The molecule has 24 heavy (non-hydrogen) atoms. The molecule has 0 saturated carbocycles. The number of ketones is 1. The van der Waals surface area contributed by atoms with Crippen LogP contribution in [0.3, 0.4) is 0 Å². The summed E-state index contributed by atoms with van der Waals surface area (Å²) >= 11 is 0. The summed E-state index contributed by atoms with van der Waals surface area (Å²) < 4.78 is 27.6. The average molecular weight is 346 g/mol. The minimum atomic E-state index is -3.68. The van der Waals surface area contributed by atoms with E-state index in [4.69, 9.17) is 0 Å². The van der Waals surface area contributed by atoms with Crippen molar-refractivity contribution in [1.82, 2.24) is 9.62 Å². The van der Waals surface area contributed by atoms with Gasteiger partial charge in [0.15, 0.2) is 5.78 Å². The van der Waals surface area contributed by atoms with Crippen LogP contribution in [0.15, 0.2) is 53.4 Å². The van der Waals surface area contributed by atoms with E-state index >= 15 is 0 Å². The van der Waals surface area contributed by atoms with Crippen LogP contribution in [0.1, 0.15) is 28.4 Å². The Labute approximate surface area is 143 Å². The highest BCUT2D eigenvalue weighted by atomic mass is 32.2. The smallest absolute Gasteiger partial charge is 0.240 e. The van der Waals surface area contributed by atoms with Gasteiger partial charge in [-0.2, -0.15) is 0 Å². The molecule has 0 aliphatic heterocycles. The number of benzene rings is 2. The maximum Gasteiger partial charge on any atom is 0.240 e. The molecule has 0 spiro atoms. The van der Waals surface area contributed by atoms with Crippen molar-refractivity contribution in [2.45, 2.75) is 24.9 Å². The van der Waals surface area contributed by atoms with Gasteiger partial charge in [0.25, 0.3) is 0 Å². The summed E-state index contributed by atoms with van der Waals surface area (Å²) in [6.07, 6.45) is 0. The van der Waals surface area contributed by atoms with E-state index < -0.39 is 10.0 Å². The van der Waals surface area contributed by atoms with Gasteiger partial charge in [-0.15, -0.1) is 0 Å². The van der Waals surface area contributed by atoms with Crippen LogP contribution < -0.4 is 4.72 Å². The highest BCUT2D eigenvalue weighted by Gasteiger charge is 2.16. The molecule has 5 nitrogen and oxygen atoms in total. The molecule has 2 aromatic rings. The standard InChI is InChI=1S/C18H22N2O3S/c1-14(21)15-9-6-10-18(11-15)24(22,23)19-12-16-7-4-5-8-17(16)13-20(2)3/h4-11,19H,12-13H2,1-3H3. The molecule has 0 saturated heterocycles. The number of nitrogens with one attached hydrogen (secondary N) is 1. The van der Waals surface area contributed by atoms with Crippen LogP contribution >= 0.6 is 0 Å². The van der Waals surface area contributed by atoms with Crippen LogP contribution in [0.4, 0.5) is 0 Å². The Morgan fingerprint density at radius 2 is 1.71 bits per heavy atom. The number of Topliss-reactive ketones (excluding diaryl/α,β-unsaturated/α-hetero) is 1. The Hall–Kier alpha value is -2.02. The molecule has 2 rings (SSSR count). The lowest BCUT2D eigenvalue weighted by Gasteiger charge is -2.15. The molecule has 0 aliphatic rings. The van der Waals surface area contributed by atoms with Gasteiger partial charge in [0, 0.05) is 18.7 Å². The minimum absolute atomic E-state index is 0.0975. The van der Waals surface area contributed by atoms with Gasteiger partial charge >= 0.3 is 0 Å².